The van der Waals surface area contributed by atoms with E-state index in [-0.39, 0.29) is 6.04 Å². The van der Waals surface area contributed by atoms with Crippen LogP contribution in [-0.4, -0.2) is 6.54 Å². The molecule has 0 bridgehead atoms. The van der Waals surface area contributed by atoms with Crippen LogP contribution in [-0.2, 0) is 0 Å². The maximum atomic E-state index is 13.2. The SMILES string of the molecule is CCNC(C)c1cccc(F)c1F. The van der Waals surface area contributed by atoms with E-state index in [4.69, 9.17) is 0 Å². The van der Waals surface area contributed by atoms with E-state index in [0.29, 0.717) is 5.56 Å². The van der Waals surface area contributed by atoms with Crippen molar-refractivity contribution in [2.24, 2.45) is 0 Å². The molecule has 1 rings (SSSR count). The molecule has 0 saturated carbocycles. The molecule has 0 spiro atoms. The summed E-state index contributed by atoms with van der Waals surface area (Å²) < 4.78 is 25.9. The lowest BCUT2D eigenvalue weighted by Crippen LogP contribution is -2.19. The van der Waals surface area contributed by atoms with Crippen molar-refractivity contribution in [2.75, 3.05) is 6.54 Å². The summed E-state index contributed by atoms with van der Waals surface area (Å²) in [7, 11) is 0. The highest BCUT2D eigenvalue weighted by atomic mass is 19.2. The zero-order chi connectivity index (χ0) is 9.84. The van der Waals surface area contributed by atoms with Gasteiger partial charge in [0.1, 0.15) is 0 Å². The molecule has 1 N–H and O–H groups in total. The van der Waals surface area contributed by atoms with Crippen LogP contribution in [0.3, 0.4) is 0 Å². The van der Waals surface area contributed by atoms with Crippen LogP contribution in [0, 0.1) is 11.6 Å². The van der Waals surface area contributed by atoms with Crippen LogP contribution in [0.5, 0.6) is 0 Å². The molecule has 0 heterocycles. The molecule has 0 aromatic heterocycles. The smallest absolute Gasteiger partial charge is 0.163 e. The second kappa shape index (κ2) is 4.33. The average Bonchev–Trinajstić information content (AvgIpc) is 2.10. The van der Waals surface area contributed by atoms with Gasteiger partial charge in [-0.25, -0.2) is 8.78 Å². The van der Waals surface area contributed by atoms with Crippen LogP contribution < -0.4 is 5.32 Å². The van der Waals surface area contributed by atoms with E-state index >= 15 is 0 Å². The monoisotopic (exact) mass is 185 g/mol. The van der Waals surface area contributed by atoms with Gasteiger partial charge in [-0.05, 0) is 19.5 Å². The molecule has 0 radical (unpaired) electrons. The topological polar surface area (TPSA) is 12.0 Å². The van der Waals surface area contributed by atoms with E-state index in [0.717, 1.165) is 12.6 Å². The number of hydrogen-bond donors (Lipinski definition) is 1. The van der Waals surface area contributed by atoms with E-state index < -0.39 is 11.6 Å². The lowest BCUT2D eigenvalue weighted by atomic mass is 10.1. The minimum absolute atomic E-state index is 0.152. The van der Waals surface area contributed by atoms with Gasteiger partial charge >= 0.3 is 0 Å². The molecule has 0 aliphatic rings. The van der Waals surface area contributed by atoms with Crippen molar-refractivity contribution in [3.63, 3.8) is 0 Å². The quantitative estimate of drug-likeness (QED) is 0.763. The Bertz CT molecular complexity index is 286. The van der Waals surface area contributed by atoms with E-state index in [1.807, 2.05) is 6.92 Å². The van der Waals surface area contributed by atoms with Gasteiger partial charge in [0.25, 0.3) is 0 Å². The van der Waals surface area contributed by atoms with Crippen molar-refractivity contribution in [1.29, 1.82) is 0 Å². The van der Waals surface area contributed by atoms with E-state index in [9.17, 15) is 8.78 Å². The number of nitrogens with one attached hydrogen (secondary N) is 1. The summed E-state index contributed by atoms with van der Waals surface area (Å²) in [5.74, 6) is -1.54. The zero-order valence-electron chi connectivity index (χ0n) is 7.77. The Morgan fingerprint density at radius 2 is 2.08 bits per heavy atom. The first kappa shape index (κ1) is 10.1. The number of hydrogen-bond acceptors (Lipinski definition) is 1. The predicted octanol–water partition coefficient (Wildman–Crippen LogP) is 2.64. The summed E-state index contributed by atoms with van der Waals surface area (Å²) in [4.78, 5) is 0. The Hall–Kier alpha value is -0.960. The molecule has 0 amide bonds. The first-order valence-corrected chi connectivity index (χ1v) is 4.34. The van der Waals surface area contributed by atoms with Crippen LogP contribution in [0.25, 0.3) is 0 Å². The third-order valence-corrected chi connectivity index (χ3v) is 1.96. The third-order valence-electron chi connectivity index (χ3n) is 1.96. The van der Waals surface area contributed by atoms with Gasteiger partial charge in [-0.1, -0.05) is 19.1 Å². The summed E-state index contributed by atoms with van der Waals surface area (Å²) in [6.45, 7) is 4.46. The van der Waals surface area contributed by atoms with E-state index in [2.05, 4.69) is 5.32 Å². The van der Waals surface area contributed by atoms with Crippen molar-refractivity contribution < 1.29 is 8.78 Å². The number of rotatable bonds is 3. The van der Waals surface area contributed by atoms with Crippen LogP contribution in [0.1, 0.15) is 25.5 Å². The largest absolute Gasteiger partial charge is 0.310 e. The van der Waals surface area contributed by atoms with Gasteiger partial charge in [0, 0.05) is 11.6 Å². The first-order chi connectivity index (χ1) is 6.16. The normalized spacial score (nSPS) is 12.9. The molecule has 1 aromatic carbocycles. The Balaban J connectivity index is 2.93. The van der Waals surface area contributed by atoms with Crippen molar-refractivity contribution in [3.05, 3.63) is 35.4 Å². The third kappa shape index (κ3) is 2.25. The highest BCUT2D eigenvalue weighted by Gasteiger charge is 2.12. The molecular weight excluding hydrogens is 172 g/mol. The summed E-state index contributed by atoms with van der Waals surface area (Å²) >= 11 is 0. The van der Waals surface area contributed by atoms with Crippen LogP contribution in [0.15, 0.2) is 18.2 Å². The lowest BCUT2D eigenvalue weighted by Gasteiger charge is -2.13. The van der Waals surface area contributed by atoms with Crippen LogP contribution in [0.2, 0.25) is 0 Å². The van der Waals surface area contributed by atoms with Crippen molar-refractivity contribution in [1.82, 2.24) is 5.32 Å². The summed E-state index contributed by atoms with van der Waals surface area (Å²) in [5.41, 5.74) is 0.377. The van der Waals surface area contributed by atoms with Gasteiger partial charge in [-0.2, -0.15) is 0 Å². The molecule has 0 fully saturated rings. The highest BCUT2D eigenvalue weighted by Crippen LogP contribution is 2.18. The van der Waals surface area contributed by atoms with Crippen molar-refractivity contribution >= 4 is 0 Å². The number of benzene rings is 1. The Morgan fingerprint density at radius 3 is 2.69 bits per heavy atom. The van der Waals surface area contributed by atoms with Gasteiger partial charge in [0.15, 0.2) is 11.6 Å². The van der Waals surface area contributed by atoms with Gasteiger partial charge in [-0.3, -0.25) is 0 Å². The molecule has 0 saturated heterocycles. The van der Waals surface area contributed by atoms with Crippen LogP contribution >= 0.6 is 0 Å². The second-order valence-electron chi connectivity index (χ2n) is 2.92. The summed E-state index contributed by atoms with van der Waals surface area (Å²) in [6.07, 6.45) is 0. The average molecular weight is 185 g/mol. The molecule has 0 aliphatic heterocycles. The molecule has 1 atom stereocenters. The zero-order valence-corrected chi connectivity index (χ0v) is 7.77. The molecule has 72 valence electrons. The van der Waals surface area contributed by atoms with E-state index in [1.54, 1.807) is 13.0 Å². The van der Waals surface area contributed by atoms with Gasteiger partial charge in [0.05, 0.1) is 0 Å². The maximum absolute atomic E-state index is 13.2. The molecule has 13 heavy (non-hydrogen) atoms. The summed E-state index contributed by atoms with van der Waals surface area (Å²) in [6, 6.07) is 4.07. The lowest BCUT2D eigenvalue weighted by molar-refractivity contribution is 0.476. The predicted molar refractivity (Wildman–Crippen MR) is 48.4 cm³/mol. The number of halogens is 2. The Labute approximate surface area is 76.8 Å². The minimum atomic E-state index is -0.790. The van der Waals surface area contributed by atoms with Crippen molar-refractivity contribution in [2.45, 2.75) is 19.9 Å². The van der Waals surface area contributed by atoms with Gasteiger partial charge in [0.2, 0.25) is 0 Å². The van der Waals surface area contributed by atoms with E-state index in [1.165, 1.54) is 6.07 Å². The van der Waals surface area contributed by atoms with Gasteiger partial charge < -0.3 is 5.32 Å². The second-order valence-corrected chi connectivity index (χ2v) is 2.92. The van der Waals surface area contributed by atoms with Crippen molar-refractivity contribution in [3.8, 4) is 0 Å². The molecule has 1 nitrogen and oxygen atoms in total. The van der Waals surface area contributed by atoms with Gasteiger partial charge in [-0.15, -0.1) is 0 Å². The Kier molecular flexibility index (Phi) is 3.37. The highest BCUT2D eigenvalue weighted by molar-refractivity contribution is 5.21. The fourth-order valence-electron chi connectivity index (χ4n) is 1.27. The fraction of sp³-hybridized carbons (Fsp3) is 0.400. The maximum Gasteiger partial charge on any atom is 0.163 e. The molecule has 3 heteroatoms. The molecule has 0 aliphatic carbocycles. The molecular formula is C10H13F2N. The standard InChI is InChI=1S/C10H13F2N/c1-3-13-7(2)8-5-4-6-9(11)10(8)12/h4-7,13H,3H2,1-2H3. The molecule has 1 aromatic rings. The van der Waals surface area contributed by atoms with Crippen LogP contribution in [0.4, 0.5) is 8.78 Å². The fourth-order valence-corrected chi connectivity index (χ4v) is 1.27. The summed E-state index contributed by atoms with van der Waals surface area (Å²) in [5, 5.41) is 3.02. The Morgan fingerprint density at radius 1 is 1.38 bits per heavy atom. The minimum Gasteiger partial charge on any atom is -0.310 e. The first-order valence-electron chi connectivity index (χ1n) is 4.34. The molecule has 1 unspecified atom stereocenters.